The maximum atomic E-state index is 12.4. The number of carbonyl (C=O) groups excluding carboxylic acids is 2. The Bertz CT molecular complexity index is 908. The van der Waals surface area contributed by atoms with Crippen molar-refractivity contribution >= 4 is 11.8 Å². The summed E-state index contributed by atoms with van der Waals surface area (Å²) in [5.74, 6) is 0.881. The number of ether oxygens (including phenoxy) is 4. The van der Waals surface area contributed by atoms with E-state index in [4.69, 9.17) is 18.9 Å². The second kappa shape index (κ2) is 8.85. The minimum Gasteiger partial charge on any atom is -0.493 e. The number of carbonyl (C=O) groups is 2. The fraction of sp³-hybridized carbons (Fsp3) is 0.391. The van der Waals surface area contributed by atoms with Crippen molar-refractivity contribution in [3.63, 3.8) is 0 Å². The second-order valence-electron chi connectivity index (χ2n) is 7.28. The van der Waals surface area contributed by atoms with Gasteiger partial charge in [-0.3, -0.25) is 14.5 Å². The molecule has 2 heterocycles. The molecular formula is C23H25NO6. The summed E-state index contributed by atoms with van der Waals surface area (Å²) in [6.45, 7) is 0.745. The number of hydrogen-bond donors (Lipinski definition) is 0. The van der Waals surface area contributed by atoms with E-state index in [9.17, 15) is 9.59 Å². The van der Waals surface area contributed by atoms with Gasteiger partial charge in [-0.2, -0.15) is 0 Å². The first kappa shape index (κ1) is 20.4. The number of rotatable bonds is 8. The Labute approximate surface area is 175 Å². The lowest BCUT2D eigenvalue weighted by Gasteiger charge is -2.17. The molecule has 0 radical (unpaired) electrons. The maximum Gasteiger partial charge on any atom is 0.261 e. The molecule has 2 aliphatic rings. The van der Waals surface area contributed by atoms with Gasteiger partial charge in [0.1, 0.15) is 0 Å². The van der Waals surface area contributed by atoms with Crippen LogP contribution in [0.25, 0.3) is 0 Å². The predicted molar refractivity (Wildman–Crippen MR) is 109 cm³/mol. The van der Waals surface area contributed by atoms with Crippen molar-refractivity contribution in [2.24, 2.45) is 0 Å². The van der Waals surface area contributed by atoms with E-state index < -0.39 is 0 Å². The van der Waals surface area contributed by atoms with Gasteiger partial charge in [0.15, 0.2) is 17.8 Å². The average Bonchev–Trinajstić information content (AvgIpc) is 3.35. The van der Waals surface area contributed by atoms with Gasteiger partial charge in [-0.15, -0.1) is 0 Å². The second-order valence-corrected chi connectivity index (χ2v) is 7.28. The average molecular weight is 411 g/mol. The molecule has 4 rings (SSSR count). The van der Waals surface area contributed by atoms with Crippen LogP contribution in [0.1, 0.15) is 51.6 Å². The summed E-state index contributed by atoms with van der Waals surface area (Å²) >= 11 is 0. The first-order valence-electron chi connectivity index (χ1n) is 10.1. The molecule has 1 saturated heterocycles. The molecule has 2 aromatic rings. The molecular weight excluding hydrogens is 386 g/mol. The molecule has 2 unspecified atom stereocenters. The number of nitrogens with zero attached hydrogens (tertiary/aromatic N) is 1. The van der Waals surface area contributed by atoms with Crippen LogP contribution in [-0.4, -0.2) is 50.4 Å². The Balaban J connectivity index is 1.25. The fourth-order valence-electron chi connectivity index (χ4n) is 3.91. The molecule has 158 valence electrons. The van der Waals surface area contributed by atoms with Crippen molar-refractivity contribution in [3.05, 3.63) is 59.2 Å². The molecule has 2 aromatic carbocycles. The zero-order valence-electron chi connectivity index (χ0n) is 17.1. The lowest BCUT2D eigenvalue weighted by molar-refractivity contribution is -0.135. The molecule has 7 nitrogen and oxygen atoms in total. The van der Waals surface area contributed by atoms with Gasteiger partial charge in [-0.05, 0) is 42.7 Å². The van der Waals surface area contributed by atoms with Crippen molar-refractivity contribution in [2.75, 3.05) is 27.4 Å². The zero-order chi connectivity index (χ0) is 21.1. The van der Waals surface area contributed by atoms with Crippen LogP contribution < -0.4 is 9.47 Å². The fourth-order valence-corrected chi connectivity index (χ4v) is 3.91. The van der Waals surface area contributed by atoms with Crippen LogP contribution in [0.2, 0.25) is 0 Å². The first-order valence-corrected chi connectivity index (χ1v) is 10.1. The summed E-state index contributed by atoms with van der Waals surface area (Å²) in [4.78, 5) is 26.0. The molecule has 0 bridgehead atoms. The summed E-state index contributed by atoms with van der Waals surface area (Å²) in [5, 5.41) is 0. The van der Waals surface area contributed by atoms with Gasteiger partial charge < -0.3 is 18.9 Å². The molecule has 2 aliphatic heterocycles. The van der Waals surface area contributed by atoms with Crippen molar-refractivity contribution in [2.45, 2.75) is 31.7 Å². The molecule has 0 aromatic heterocycles. The molecule has 0 saturated carbocycles. The Morgan fingerprint density at radius 2 is 1.67 bits per heavy atom. The van der Waals surface area contributed by atoms with Crippen LogP contribution in [0.4, 0.5) is 0 Å². The lowest BCUT2D eigenvalue weighted by atomic mass is 10.1. The Hall–Kier alpha value is -2.90. The van der Waals surface area contributed by atoms with Gasteiger partial charge in [-0.25, -0.2) is 0 Å². The van der Waals surface area contributed by atoms with E-state index in [2.05, 4.69) is 0 Å². The standard InChI is InChI=1S/C23H25NO6/c1-27-19-9-8-15(14-20(19)28-2)18-10-11-21(30-18)29-13-5-12-24-22(25)16-6-3-4-7-17(16)23(24)26/h3-4,6-9,14,18,21H,5,10-13H2,1-2H3. The third-order valence-electron chi connectivity index (χ3n) is 5.47. The quantitative estimate of drug-likeness (QED) is 0.488. The SMILES string of the molecule is COc1ccc(C2CCC(OCCCN3C(=O)c4ccccc4C3=O)O2)cc1OC. The van der Waals surface area contributed by atoms with E-state index in [-0.39, 0.29) is 24.2 Å². The Morgan fingerprint density at radius 3 is 2.33 bits per heavy atom. The topological polar surface area (TPSA) is 74.3 Å². The Morgan fingerprint density at radius 1 is 0.967 bits per heavy atom. The summed E-state index contributed by atoms with van der Waals surface area (Å²) < 4.78 is 22.5. The maximum absolute atomic E-state index is 12.4. The number of benzene rings is 2. The highest BCUT2D eigenvalue weighted by atomic mass is 16.7. The highest BCUT2D eigenvalue weighted by molar-refractivity contribution is 6.21. The van der Waals surface area contributed by atoms with Crippen LogP contribution in [0, 0.1) is 0 Å². The van der Waals surface area contributed by atoms with Crippen LogP contribution in [0.3, 0.4) is 0 Å². The van der Waals surface area contributed by atoms with E-state index in [0.29, 0.717) is 42.2 Å². The van der Waals surface area contributed by atoms with Gasteiger partial charge in [-0.1, -0.05) is 18.2 Å². The van der Waals surface area contributed by atoms with Crippen molar-refractivity contribution in [1.82, 2.24) is 4.90 Å². The van der Waals surface area contributed by atoms with Crippen molar-refractivity contribution in [1.29, 1.82) is 0 Å². The molecule has 0 spiro atoms. The highest BCUT2D eigenvalue weighted by Gasteiger charge is 2.34. The smallest absolute Gasteiger partial charge is 0.261 e. The normalized spacial score (nSPS) is 20.5. The van der Waals surface area contributed by atoms with E-state index in [1.165, 1.54) is 4.90 Å². The number of hydrogen-bond acceptors (Lipinski definition) is 6. The van der Waals surface area contributed by atoms with Gasteiger partial charge in [0.2, 0.25) is 0 Å². The molecule has 1 fully saturated rings. The molecule has 2 atom stereocenters. The van der Waals surface area contributed by atoms with Crippen LogP contribution in [0.15, 0.2) is 42.5 Å². The monoisotopic (exact) mass is 411 g/mol. The van der Waals surface area contributed by atoms with E-state index in [1.807, 2.05) is 18.2 Å². The van der Waals surface area contributed by atoms with Crippen molar-refractivity contribution < 1.29 is 28.5 Å². The number of amides is 2. The third-order valence-corrected chi connectivity index (χ3v) is 5.47. The van der Waals surface area contributed by atoms with E-state index in [1.54, 1.807) is 38.5 Å². The first-order chi connectivity index (χ1) is 14.6. The van der Waals surface area contributed by atoms with Crippen LogP contribution >= 0.6 is 0 Å². The van der Waals surface area contributed by atoms with Gasteiger partial charge >= 0.3 is 0 Å². The molecule has 0 aliphatic carbocycles. The van der Waals surface area contributed by atoms with Gasteiger partial charge in [0.05, 0.1) is 38.1 Å². The molecule has 7 heteroatoms. The Kier molecular flexibility index (Phi) is 6.01. The zero-order valence-corrected chi connectivity index (χ0v) is 17.1. The predicted octanol–water partition coefficient (Wildman–Crippen LogP) is 3.58. The summed E-state index contributed by atoms with van der Waals surface area (Å²) in [6.07, 6.45) is 1.83. The summed E-state index contributed by atoms with van der Waals surface area (Å²) in [6, 6.07) is 12.7. The molecule has 2 amide bonds. The van der Waals surface area contributed by atoms with Crippen LogP contribution in [-0.2, 0) is 9.47 Å². The lowest BCUT2D eigenvalue weighted by Crippen LogP contribution is -2.31. The van der Waals surface area contributed by atoms with Gasteiger partial charge in [0, 0.05) is 13.0 Å². The van der Waals surface area contributed by atoms with E-state index >= 15 is 0 Å². The van der Waals surface area contributed by atoms with Gasteiger partial charge in [0.25, 0.3) is 11.8 Å². The molecule has 30 heavy (non-hydrogen) atoms. The van der Waals surface area contributed by atoms with Crippen molar-refractivity contribution in [3.8, 4) is 11.5 Å². The van der Waals surface area contributed by atoms with E-state index in [0.717, 1.165) is 18.4 Å². The summed E-state index contributed by atoms with van der Waals surface area (Å²) in [5.41, 5.74) is 1.96. The molecule has 0 N–H and O–H groups in total. The largest absolute Gasteiger partial charge is 0.493 e. The number of fused-ring (bicyclic) bond motifs is 1. The van der Waals surface area contributed by atoms with Crippen LogP contribution in [0.5, 0.6) is 11.5 Å². The minimum absolute atomic E-state index is 0.0638. The third kappa shape index (κ3) is 3.91. The summed E-state index contributed by atoms with van der Waals surface area (Å²) in [7, 11) is 3.22. The minimum atomic E-state index is -0.301. The highest BCUT2D eigenvalue weighted by Crippen LogP contribution is 2.37. The number of imide groups is 1. The number of methoxy groups -OCH3 is 2.